The average molecular weight is 332 g/mol. The summed E-state index contributed by atoms with van der Waals surface area (Å²) in [6, 6.07) is 2.53. The van der Waals surface area contributed by atoms with Gasteiger partial charge in [0.25, 0.3) is 5.91 Å². The molecule has 0 spiro atoms. The molecule has 3 rings (SSSR count). The number of fused-ring (bicyclic) bond motifs is 1. The molecule has 1 fully saturated rings. The number of halogens is 1. The van der Waals surface area contributed by atoms with Gasteiger partial charge in [0, 0.05) is 38.2 Å². The minimum atomic E-state index is -0.480. The predicted molar refractivity (Wildman–Crippen MR) is 88.0 cm³/mol. The van der Waals surface area contributed by atoms with Crippen molar-refractivity contribution in [3.63, 3.8) is 0 Å². The standard InChI is InChI=1S/C17H21FN4O2/c18-12-10-14(16-15(11-12)20-5-6-21-16)17(23)22-7-2-13(3-8-22)24-9-1-4-19/h5-6,10-11,13H,1-4,7-9,19H2. The van der Waals surface area contributed by atoms with Gasteiger partial charge in [0.05, 0.1) is 17.2 Å². The summed E-state index contributed by atoms with van der Waals surface area (Å²) in [7, 11) is 0. The third-order valence-corrected chi connectivity index (χ3v) is 4.20. The summed E-state index contributed by atoms with van der Waals surface area (Å²) in [5, 5.41) is 0. The maximum absolute atomic E-state index is 13.8. The first-order chi connectivity index (χ1) is 11.7. The number of benzene rings is 1. The van der Waals surface area contributed by atoms with Gasteiger partial charge in [-0.05, 0) is 31.9 Å². The molecule has 7 heteroatoms. The van der Waals surface area contributed by atoms with Gasteiger partial charge in [0.2, 0.25) is 0 Å². The number of likely N-dealkylation sites (tertiary alicyclic amines) is 1. The molecule has 1 aromatic carbocycles. The Morgan fingerprint density at radius 3 is 2.79 bits per heavy atom. The second-order valence-corrected chi connectivity index (χ2v) is 5.88. The molecule has 1 aliphatic rings. The summed E-state index contributed by atoms with van der Waals surface area (Å²) in [4.78, 5) is 22.8. The highest BCUT2D eigenvalue weighted by Crippen LogP contribution is 2.21. The third kappa shape index (κ3) is 3.68. The third-order valence-electron chi connectivity index (χ3n) is 4.20. The molecule has 24 heavy (non-hydrogen) atoms. The van der Waals surface area contributed by atoms with Crippen molar-refractivity contribution in [2.75, 3.05) is 26.2 Å². The molecule has 1 aromatic heterocycles. The molecule has 2 aromatic rings. The molecule has 128 valence electrons. The molecule has 0 bridgehead atoms. The molecule has 0 unspecified atom stereocenters. The zero-order chi connectivity index (χ0) is 16.9. The number of carbonyl (C=O) groups is 1. The van der Waals surface area contributed by atoms with Gasteiger partial charge in [0.1, 0.15) is 11.3 Å². The van der Waals surface area contributed by atoms with Crippen LogP contribution in [0.25, 0.3) is 11.0 Å². The number of hydrogen-bond donors (Lipinski definition) is 1. The number of ether oxygens (including phenoxy) is 1. The molecule has 0 radical (unpaired) electrons. The topological polar surface area (TPSA) is 81.3 Å². The van der Waals surface area contributed by atoms with Gasteiger partial charge in [0.15, 0.2) is 0 Å². The van der Waals surface area contributed by atoms with Crippen molar-refractivity contribution in [2.24, 2.45) is 5.73 Å². The van der Waals surface area contributed by atoms with Crippen LogP contribution in [-0.2, 0) is 4.74 Å². The summed E-state index contributed by atoms with van der Waals surface area (Å²) < 4.78 is 19.5. The predicted octanol–water partition coefficient (Wildman–Crippen LogP) is 1.74. The molecular weight excluding hydrogens is 311 g/mol. The smallest absolute Gasteiger partial charge is 0.256 e. The maximum Gasteiger partial charge on any atom is 0.256 e. The summed E-state index contributed by atoms with van der Waals surface area (Å²) in [5.41, 5.74) is 6.54. The Bertz CT molecular complexity index is 717. The number of nitrogens with zero attached hydrogens (tertiary/aromatic N) is 3. The normalized spacial score (nSPS) is 15.8. The van der Waals surface area contributed by atoms with Crippen molar-refractivity contribution in [2.45, 2.75) is 25.4 Å². The fourth-order valence-electron chi connectivity index (χ4n) is 2.93. The number of hydrogen-bond acceptors (Lipinski definition) is 5. The number of rotatable bonds is 5. The fraction of sp³-hybridized carbons (Fsp3) is 0.471. The Morgan fingerprint density at radius 2 is 2.04 bits per heavy atom. The lowest BCUT2D eigenvalue weighted by atomic mass is 10.1. The second-order valence-electron chi connectivity index (χ2n) is 5.88. The number of amides is 1. The summed E-state index contributed by atoms with van der Waals surface area (Å²) in [6.07, 6.45) is 5.54. The van der Waals surface area contributed by atoms with Crippen LogP contribution in [0.5, 0.6) is 0 Å². The summed E-state index contributed by atoms with van der Waals surface area (Å²) >= 11 is 0. The zero-order valence-electron chi connectivity index (χ0n) is 13.4. The van der Waals surface area contributed by atoms with Crippen LogP contribution < -0.4 is 5.73 Å². The van der Waals surface area contributed by atoms with Crippen molar-refractivity contribution < 1.29 is 13.9 Å². The number of carbonyl (C=O) groups excluding carboxylic acids is 1. The van der Waals surface area contributed by atoms with E-state index in [9.17, 15) is 9.18 Å². The van der Waals surface area contributed by atoms with E-state index in [2.05, 4.69) is 9.97 Å². The van der Waals surface area contributed by atoms with Gasteiger partial charge >= 0.3 is 0 Å². The summed E-state index contributed by atoms with van der Waals surface area (Å²) in [6.45, 7) is 2.44. The van der Waals surface area contributed by atoms with Crippen LogP contribution in [0, 0.1) is 5.82 Å². The molecule has 6 nitrogen and oxygen atoms in total. The minimum Gasteiger partial charge on any atom is -0.378 e. The Morgan fingerprint density at radius 1 is 1.29 bits per heavy atom. The van der Waals surface area contributed by atoms with Crippen LogP contribution in [0.2, 0.25) is 0 Å². The number of piperidine rings is 1. The zero-order valence-corrected chi connectivity index (χ0v) is 13.4. The molecule has 2 N–H and O–H groups in total. The van der Waals surface area contributed by atoms with E-state index >= 15 is 0 Å². The Labute approximate surface area is 139 Å². The highest BCUT2D eigenvalue weighted by molar-refractivity contribution is 6.04. The largest absolute Gasteiger partial charge is 0.378 e. The molecule has 1 saturated heterocycles. The van der Waals surface area contributed by atoms with Gasteiger partial charge < -0.3 is 15.4 Å². The Balaban J connectivity index is 1.70. The monoisotopic (exact) mass is 332 g/mol. The average Bonchev–Trinajstić information content (AvgIpc) is 2.61. The molecule has 2 heterocycles. The van der Waals surface area contributed by atoms with E-state index in [0.29, 0.717) is 37.3 Å². The highest BCUT2D eigenvalue weighted by atomic mass is 19.1. The van der Waals surface area contributed by atoms with Gasteiger partial charge in [-0.2, -0.15) is 0 Å². The van der Waals surface area contributed by atoms with Crippen molar-refractivity contribution in [3.8, 4) is 0 Å². The maximum atomic E-state index is 13.8. The van der Waals surface area contributed by atoms with Gasteiger partial charge in [-0.3, -0.25) is 14.8 Å². The van der Waals surface area contributed by atoms with E-state index in [0.717, 1.165) is 19.3 Å². The van der Waals surface area contributed by atoms with E-state index in [1.165, 1.54) is 24.5 Å². The van der Waals surface area contributed by atoms with Crippen LogP contribution in [0.3, 0.4) is 0 Å². The van der Waals surface area contributed by atoms with Crippen molar-refractivity contribution in [1.29, 1.82) is 0 Å². The van der Waals surface area contributed by atoms with E-state index in [1.807, 2.05) is 0 Å². The molecule has 0 saturated carbocycles. The Kier molecular flexibility index (Phi) is 5.32. The van der Waals surface area contributed by atoms with Gasteiger partial charge in [-0.25, -0.2) is 4.39 Å². The molecule has 1 aliphatic heterocycles. The molecule has 0 aliphatic carbocycles. The van der Waals surface area contributed by atoms with E-state index < -0.39 is 5.82 Å². The van der Waals surface area contributed by atoms with Gasteiger partial charge in [-0.15, -0.1) is 0 Å². The quantitative estimate of drug-likeness (QED) is 0.844. The number of aromatic nitrogens is 2. The molecule has 1 amide bonds. The van der Waals surface area contributed by atoms with E-state index in [1.54, 1.807) is 4.90 Å². The SMILES string of the molecule is NCCCOC1CCN(C(=O)c2cc(F)cc3nccnc23)CC1. The van der Waals surface area contributed by atoms with Crippen LogP contribution >= 0.6 is 0 Å². The molecular formula is C17H21FN4O2. The molecule has 0 atom stereocenters. The lowest BCUT2D eigenvalue weighted by Gasteiger charge is -2.32. The van der Waals surface area contributed by atoms with Crippen LogP contribution in [0.1, 0.15) is 29.6 Å². The number of nitrogens with two attached hydrogens (primary N) is 1. The first kappa shape index (κ1) is 16.7. The lowest BCUT2D eigenvalue weighted by Crippen LogP contribution is -2.41. The van der Waals surface area contributed by atoms with Crippen molar-refractivity contribution >= 4 is 16.9 Å². The fourth-order valence-corrected chi connectivity index (χ4v) is 2.93. The van der Waals surface area contributed by atoms with E-state index in [4.69, 9.17) is 10.5 Å². The lowest BCUT2D eigenvalue weighted by molar-refractivity contribution is 0.00848. The van der Waals surface area contributed by atoms with Crippen LogP contribution in [0.4, 0.5) is 4.39 Å². The van der Waals surface area contributed by atoms with E-state index in [-0.39, 0.29) is 17.6 Å². The van der Waals surface area contributed by atoms with Crippen molar-refractivity contribution in [1.82, 2.24) is 14.9 Å². The first-order valence-electron chi connectivity index (χ1n) is 8.20. The van der Waals surface area contributed by atoms with Gasteiger partial charge in [-0.1, -0.05) is 0 Å². The Hall–Kier alpha value is -2.12. The highest BCUT2D eigenvalue weighted by Gasteiger charge is 2.26. The minimum absolute atomic E-state index is 0.157. The van der Waals surface area contributed by atoms with Crippen LogP contribution in [-0.4, -0.2) is 53.1 Å². The van der Waals surface area contributed by atoms with Crippen molar-refractivity contribution in [3.05, 3.63) is 35.9 Å². The second kappa shape index (κ2) is 7.63. The first-order valence-corrected chi connectivity index (χ1v) is 8.20. The van der Waals surface area contributed by atoms with Crippen LogP contribution in [0.15, 0.2) is 24.5 Å². The summed E-state index contributed by atoms with van der Waals surface area (Å²) in [5.74, 6) is -0.688.